The summed E-state index contributed by atoms with van der Waals surface area (Å²) in [5.74, 6) is -0.0920. The molecule has 1 saturated heterocycles. The first-order valence-electron chi connectivity index (χ1n) is 10.3. The topological polar surface area (TPSA) is 110 Å². The number of nitrogens with zero attached hydrogens (tertiary/aromatic N) is 3. The lowest BCUT2D eigenvalue weighted by molar-refractivity contribution is -0.130. The SMILES string of the molecule is Cn1c(=O)n(CCC(=O)N2CCCC2)c(=O)c2cc(S(=O)(=O)NCc3cccs3)ccc21. The van der Waals surface area contributed by atoms with Crippen molar-refractivity contribution in [2.45, 2.75) is 37.2 Å². The summed E-state index contributed by atoms with van der Waals surface area (Å²) in [6.45, 7) is 1.49. The highest BCUT2D eigenvalue weighted by atomic mass is 32.2. The van der Waals surface area contributed by atoms with Gasteiger partial charge in [0, 0.05) is 44.5 Å². The van der Waals surface area contributed by atoms with Crippen molar-refractivity contribution in [1.82, 2.24) is 18.8 Å². The zero-order valence-electron chi connectivity index (χ0n) is 17.6. The van der Waals surface area contributed by atoms with Crippen LogP contribution in [-0.4, -0.2) is 41.4 Å². The van der Waals surface area contributed by atoms with Crippen molar-refractivity contribution < 1.29 is 13.2 Å². The van der Waals surface area contributed by atoms with Crippen LogP contribution in [0.3, 0.4) is 0 Å². The number of carbonyl (C=O) groups is 1. The third kappa shape index (κ3) is 4.41. The van der Waals surface area contributed by atoms with Gasteiger partial charge in [-0.3, -0.25) is 18.7 Å². The van der Waals surface area contributed by atoms with E-state index in [4.69, 9.17) is 0 Å². The lowest BCUT2D eigenvalue weighted by atomic mass is 10.2. The molecule has 0 atom stereocenters. The molecule has 0 bridgehead atoms. The van der Waals surface area contributed by atoms with E-state index in [0.29, 0.717) is 18.6 Å². The Morgan fingerprint density at radius 2 is 1.91 bits per heavy atom. The van der Waals surface area contributed by atoms with Gasteiger partial charge >= 0.3 is 5.69 Å². The van der Waals surface area contributed by atoms with Crippen LogP contribution in [0.2, 0.25) is 0 Å². The van der Waals surface area contributed by atoms with Gasteiger partial charge in [-0.1, -0.05) is 6.07 Å². The van der Waals surface area contributed by atoms with Gasteiger partial charge in [-0.15, -0.1) is 11.3 Å². The van der Waals surface area contributed by atoms with E-state index < -0.39 is 21.3 Å². The molecule has 1 aliphatic heterocycles. The second-order valence-corrected chi connectivity index (χ2v) is 10.5. The fourth-order valence-electron chi connectivity index (χ4n) is 3.85. The first-order valence-corrected chi connectivity index (χ1v) is 12.7. The molecular formula is C21H24N4O5S2. The summed E-state index contributed by atoms with van der Waals surface area (Å²) in [7, 11) is -2.34. The molecule has 1 fully saturated rings. The molecule has 0 spiro atoms. The molecule has 11 heteroatoms. The normalized spacial score (nSPS) is 14.3. The van der Waals surface area contributed by atoms with E-state index in [9.17, 15) is 22.8 Å². The number of sulfonamides is 1. The lowest BCUT2D eigenvalue weighted by Gasteiger charge is -2.16. The van der Waals surface area contributed by atoms with Crippen molar-refractivity contribution in [2.24, 2.45) is 7.05 Å². The van der Waals surface area contributed by atoms with Gasteiger partial charge in [-0.25, -0.2) is 17.9 Å². The maximum absolute atomic E-state index is 13.1. The molecule has 0 radical (unpaired) electrons. The number of aryl methyl sites for hydroxylation is 1. The summed E-state index contributed by atoms with van der Waals surface area (Å²) in [5.41, 5.74) is -0.810. The smallest absolute Gasteiger partial charge is 0.331 e. The average molecular weight is 477 g/mol. The van der Waals surface area contributed by atoms with Crippen LogP contribution in [0.4, 0.5) is 0 Å². The molecule has 1 aliphatic rings. The largest absolute Gasteiger partial charge is 0.343 e. The molecule has 9 nitrogen and oxygen atoms in total. The molecule has 0 aliphatic carbocycles. The van der Waals surface area contributed by atoms with Gasteiger partial charge < -0.3 is 4.90 Å². The lowest BCUT2D eigenvalue weighted by Crippen LogP contribution is -2.40. The minimum Gasteiger partial charge on any atom is -0.343 e. The summed E-state index contributed by atoms with van der Waals surface area (Å²) in [6.07, 6.45) is 1.96. The molecular weight excluding hydrogens is 452 g/mol. The number of amides is 1. The minimum atomic E-state index is -3.86. The van der Waals surface area contributed by atoms with Crippen LogP contribution < -0.4 is 16.0 Å². The van der Waals surface area contributed by atoms with Crippen molar-refractivity contribution in [2.75, 3.05) is 13.1 Å². The van der Waals surface area contributed by atoms with E-state index in [2.05, 4.69) is 4.72 Å². The van der Waals surface area contributed by atoms with Crippen molar-refractivity contribution in [3.63, 3.8) is 0 Å². The molecule has 3 aromatic rings. The Morgan fingerprint density at radius 1 is 1.16 bits per heavy atom. The van der Waals surface area contributed by atoms with Crippen molar-refractivity contribution >= 4 is 38.2 Å². The number of aromatic nitrogens is 2. The van der Waals surface area contributed by atoms with Crippen LogP contribution in [0.25, 0.3) is 10.9 Å². The Morgan fingerprint density at radius 3 is 2.59 bits per heavy atom. The van der Waals surface area contributed by atoms with Crippen LogP contribution in [0.1, 0.15) is 24.1 Å². The fourth-order valence-corrected chi connectivity index (χ4v) is 5.62. The average Bonchev–Trinajstić information content (AvgIpc) is 3.50. The highest BCUT2D eigenvalue weighted by Gasteiger charge is 2.20. The Kier molecular flexibility index (Phi) is 6.31. The van der Waals surface area contributed by atoms with Gasteiger partial charge in [0.25, 0.3) is 5.56 Å². The summed E-state index contributed by atoms with van der Waals surface area (Å²) < 4.78 is 30.3. The number of carbonyl (C=O) groups excluding carboxylic acids is 1. The molecule has 0 unspecified atom stereocenters. The van der Waals surface area contributed by atoms with Crippen molar-refractivity contribution in [1.29, 1.82) is 0 Å². The second kappa shape index (κ2) is 9.00. The molecule has 3 heterocycles. The Hall–Kier alpha value is -2.76. The number of fused-ring (bicyclic) bond motifs is 1. The summed E-state index contributed by atoms with van der Waals surface area (Å²) in [6, 6.07) is 7.77. The number of hydrogen-bond acceptors (Lipinski definition) is 6. The number of benzene rings is 1. The van der Waals surface area contributed by atoms with Gasteiger partial charge in [0.2, 0.25) is 15.9 Å². The fraction of sp³-hybridized carbons (Fsp3) is 0.381. The van der Waals surface area contributed by atoms with Gasteiger partial charge in [0.1, 0.15) is 0 Å². The quantitative estimate of drug-likeness (QED) is 0.552. The molecule has 1 amide bonds. The molecule has 1 aromatic carbocycles. The van der Waals surface area contributed by atoms with Crippen LogP contribution in [-0.2, 0) is 35.0 Å². The Bertz CT molecular complexity index is 1370. The van der Waals surface area contributed by atoms with Gasteiger partial charge in [-0.05, 0) is 42.5 Å². The van der Waals surface area contributed by atoms with Crippen molar-refractivity contribution in [3.8, 4) is 0 Å². The highest BCUT2D eigenvalue weighted by Crippen LogP contribution is 2.17. The van der Waals surface area contributed by atoms with Crippen LogP contribution in [0, 0.1) is 0 Å². The van der Waals surface area contributed by atoms with E-state index >= 15 is 0 Å². The van der Waals surface area contributed by atoms with Crippen LogP contribution in [0.15, 0.2) is 50.2 Å². The van der Waals surface area contributed by atoms with Gasteiger partial charge in [-0.2, -0.15) is 0 Å². The van der Waals surface area contributed by atoms with Gasteiger partial charge in [0.15, 0.2) is 0 Å². The maximum Gasteiger partial charge on any atom is 0.331 e. The molecule has 0 saturated carbocycles. The third-order valence-electron chi connectivity index (χ3n) is 5.66. The molecule has 32 heavy (non-hydrogen) atoms. The Balaban J connectivity index is 1.65. The van der Waals surface area contributed by atoms with E-state index in [1.807, 2.05) is 17.5 Å². The number of thiophene rings is 1. The van der Waals surface area contributed by atoms with E-state index in [0.717, 1.165) is 22.3 Å². The first kappa shape index (κ1) is 22.4. The maximum atomic E-state index is 13.1. The summed E-state index contributed by atoms with van der Waals surface area (Å²) in [4.78, 5) is 40.7. The molecule has 4 rings (SSSR count). The highest BCUT2D eigenvalue weighted by molar-refractivity contribution is 7.89. The van der Waals surface area contributed by atoms with Gasteiger partial charge in [0.05, 0.1) is 15.8 Å². The summed E-state index contributed by atoms with van der Waals surface area (Å²) >= 11 is 1.44. The predicted molar refractivity (Wildman–Crippen MR) is 122 cm³/mol. The van der Waals surface area contributed by atoms with Crippen LogP contribution in [0.5, 0.6) is 0 Å². The van der Waals surface area contributed by atoms with E-state index in [1.54, 1.807) is 4.90 Å². The number of likely N-dealkylation sites (tertiary alicyclic amines) is 1. The standard InChI is InChI=1S/C21H24N4O5S2/c1-23-18-7-6-16(32(29,30)22-14-15-5-4-12-31-15)13-17(18)20(27)25(21(23)28)11-8-19(26)24-9-2-3-10-24/h4-7,12-13,22H,2-3,8-11,14H2,1H3. The Labute approximate surface area is 189 Å². The zero-order chi connectivity index (χ0) is 22.9. The molecule has 2 aromatic heterocycles. The second-order valence-electron chi connectivity index (χ2n) is 7.72. The van der Waals surface area contributed by atoms with Crippen LogP contribution >= 0.6 is 11.3 Å². The van der Waals surface area contributed by atoms with E-state index in [1.165, 1.54) is 41.2 Å². The molecule has 1 N–H and O–H groups in total. The monoisotopic (exact) mass is 476 g/mol. The van der Waals surface area contributed by atoms with Crippen molar-refractivity contribution in [3.05, 3.63) is 61.4 Å². The van der Waals surface area contributed by atoms with E-state index in [-0.39, 0.29) is 35.7 Å². The number of rotatable bonds is 7. The first-order chi connectivity index (χ1) is 15.3. The zero-order valence-corrected chi connectivity index (χ0v) is 19.2. The minimum absolute atomic E-state index is 0.0427. The summed E-state index contributed by atoms with van der Waals surface area (Å²) in [5, 5.41) is 1.97. The number of nitrogens with one attached hydrogen (secondary N) is 1. The number of hydrogen-bond donors (Lipinski definition) is 1. The third-order valence-corrected chi connectivity index (χ3v) is 7.93. The predicted octanol–water partition coefficient (Wildman–Crippen LogP) is 1.25. The molecule has 170 valence electrons.